The van der Waals surface area contributed by atoms with Gasteiger partial charge < -0.3 is 15.8 Å². The molecule has 1 heterocycles. The van der Waals surface area contributed by atoms with Crippen LogP contribution in [-0.4, -0.2) is 39.3 Å². The first-order chi connectivity index (χ1) is 10.5. The summed E-state index contributed by atoms with van der Waals surface area (Å²) in [5.74, 6) is 1.16. The standard InChI is InChI=1S/C14H20N6O2.ClH/c1-9(15)4-7-14(21)16-11-5-6-13(22-3)12(8-11)20-10(2)17-18-19-20;/h5-6,8-9H,4,7,15H2,1-3H3,(H,16,21);1H. The number of nitrogens with one attached hydrogen (secondary N) is 1. The number of aryl methyl sites for hydroxylation is 1. The molecule has 0 bridgehead atoms. The van der Waals surface area contributed by atoms with Crippen molar-refractivity contribution in [3.63, 3.8) is 0 Å². The molecule has 0 fully saturated rings. The number of nitrogens with two attached hydrogens (primary N) is 1. The molecular weight excluding hydrogens is 320 g/mol. The predicted molar refractivity (Wildman–Crippen MR) is 89.2 cm³/mol. The second-order valence-electron chi connectivity index (χ2n) is 5.09. The number of tetrazole rings is 1. The highest BCUT2D eigenvalue weighted by Crippen LogP contribution is 2.26. The predicted octanol–water partition coefficient (Wildman–Crippen LogP) is 1.47. The Kier molecular flexibility index (Phi) is 6.92. The molecule has 0 spiro atoms. The topological polar surface area (TPSA) is 108 Å². The highest BCUT2D eigenvalue weighted by atomic mass is 35.5. The maximum atomic E-state index is 11.9. The lowest BCUT2D eigenvalue weighted by Crippen LogP contribution is -2.19. The summed E-state index contributed by atoms with van der Waals surface area (Å²) in [5, 5.41) is 14.2. The van der Waals surface area contributed by atoms with Crippen LogP contribution in [0.1, 0.15) is 25.6 Å². The van der Waals surface area contributed by atoms with E-state index in [1.807, 2.05) is 6.92 Å². The number of methoxy groups -OCH3 is 1. The van der Waals surface area contributed by atoms with Gasteiger partial charge in [0.1, 0.15) is 11.4 Å². The third-order valence-corrected chi connectivity index (χ3v) is 3.14. The molecule has 0 saturated carbocycles. The molecular formula is C14H21ClN6O2. The van der Waals surface area contributed by atoms with Gasteiger partial charge in [0.25, 0.3) is 0 Å². The molecule has 1 aromatic carbocycles. The van der Waals surface area contributed by atoms with Gasteiger partial charge >= 0.3 is 0 Å². The lowest BCUT2D eigenvalue weighted by molar-refractivity contribution is -0.116. The molecule has 3 N–H and O–H groups in total. The van der Waals surface area contributed by atoms with Crippen LogP contribution in [0.15, 0.2) is 18.2 Å². The van der Waals surface area contributed by atoms with E-state index >= 15 is 0 Å². The van der Waals surface area contributed by atoms with Gasteiger partial charge in [-0.1, -0.05) is 0 Å². The largest absolute Gasteiger partial charge is 0.494 e. The van der Waals surface area contributed by atoms with E-state index in [-0.39, 0.29) is 24.4 Å². The van der Waals surface area contributed by atoms with E-state index < -0.39 is 0 Å². The van der Waals surface area contributed by atoms with Crippen LogP contribution in [0.25, 0.3) is 5.69 Å². The van der Waals surface area contributed by atoms with Gasteiger partial charge in [-0.15, -0.1) is 17.5 Å². The number of anilines is 1. The van der Waals surface area contributed by atoms with Gasteiger partial charge in [-0.05, 0) is 48.9 Å². The number of halogens is 1. The van der Waals surface area contributed by atoms with Crippen molar-refractivity contribution in [2.45, 2.75) is 32.7 Å². The van der Waals surface area contributed by atoms with E-state index in [1.165, 1.54) is 0 Å². The van der Waals surface area contributed by atoms with Crippen molar-refractivity contribution in [3.05, 3.63) is 24.0 Å². The van der Waals surface area contributed by atoms with E-state index in [0.29, 0.717) is 35.8 Å². The van der Waals surface area contributed by atoms with E-state index in [1.54, 1.807) is 36.9 Å². The summed E-state index contributed by atoms with van der Waals surface area (Å²) >= 11 is 0. The Labute approximate surface area is 140 Å². The molecule has 0 radical (unpaired) electrons. The normalized spacial score (nSPS) is 11.5. The van der Waals surface area contributed by atoms with Crippen molar-refractivity contribution in [1.82, 2.24) is 20.2 Å². The Balaban J connectivity index is 0.00000264. The molecule has 0 saturated heterocycles. The van der Waals surface area contributed by atoms with Crippen LogP contribution in [0, 0.1) is 6.92 Å². The number of hydrogen-bond donors (Lipinski definition) is 2. The highest BCUT2D eigenvalue weighted by Gasteiger charge is 2.12. The molecule has 9 heteroatoms. The SMILES string of the molecule is COc1ccc(NC(=O)CCC(C)N)cc1-n1nnnc1C.Cl. The van der Waals surface area contributed by atoms with Gasteiger partial charge in [0, 0.05) is 18.2 Å². The second kappa shape index (κ2) is 8.44. The zero-order valence-electron chi connectivity index (χ0n) is 13.3. The molecule has 8 nitrogen and oxygen atoms in total. The third-order valence-electron chi connectivity index (χ3n) is 3.14. The zero-order chi connectivity index (χ0) is 16.1. The Morgan fingerprint density at radius 2 is 2.22 bits per heavy atom. The van der Waals surface area contributed by atoms with Gasteiger partial charge in [0.15, 0.2) is 5.82 Å². The summed E-state index contributed by atoms with van der Waals surface area (Å²) in [5.41, 5.74) is 6.97. The molecule has 1 atom stereocenters. The molecule has 2 rings (SSSR count). The van der Waals surface area contributed by atoms with E-state index in [4.69, 9.17) is 10.5 Å². The number of amides is 1. The van der Waals surface area contributed by atoms with E-state index in [2.05, 4.69) is 20.8 Å². The monoisotopic (exact) mass is 340 g/mol. The van der Waals surface area contributed by atoms with E-state index in [0.717, 1.165) is 0 Å². The van der Waals surface area contributed by atoms with Crippen LogP contribution in [0.3, 0.4) is 0 Å². The number of nitrogens with zero attached hydrogens (tertiary/aromatic N) is 4. The minimum Gasteiger partial charge on any atom is -0.494 e. The smallest absolute Gasteiger partial charge is 0.224 e. The van der Waals surface area contributed by atoms with Gasteiger partial charge in [-0.25, -0.2) is 0 Å². The average Bonchev–Trinajstić information content (AvgIpc) is 2.91. The van der Waals surface area contributed by atoms with E-state index in [9.17, 15) is 4.79 Å². The van der Waals surface area contributed by atoms with Crippen molar-refractivity contribution in [2.75, 3.05) is 12.4 Å². The Morgan fingerprint density at radius 1 is 1.48 bits per heavy atom. The maximum absolute atomic E-state index is 11.9. The molecule has 0 aliphatic heterocycles. The fourth-order valence-electron chi connectivity index (χ4n) is 1.97. The fourth-order valence-corrected chi connectivity index (χ4v) is 1.97. The first-order valence-electron chi connectivity index (χ1n) is 7.00. The van der Waals surface area contributed by atoms with Crippen LogP contribution in [-0.2, 0) is 4.79 Å². The molecule has 1 unspecified atom stereocenters. The Morgan fingerprint density at radius 3 is 2.78 bits per heavy atom. The number of benzene rings is 1. The first-order valence-corrected chi connectivity index (χ1v) is 7.00. The molecule has 2 aromatic rings. The summed E-state index contributed by atoms with van der Waals surface area (Å²) < 4.78 is 6.87. The molecule has 0 aliphatic rings. The Bertz CT molecular complexity index is 658. The van der Waals surface area contributed by atoms with Gasteiger partial charge in [-0.3, -0.25) is 4.79 Å². The van der Waals surface area contributed by atoms with Crippen molar-refractivity contribution in [1.29, 1.82) is 0 Å². The molecule has 0 aliphatic carbocycles. The summed E-state index contributed by atoms with van der Waals surface area (Å²) in [7, 11) is 1.57. The number of hydrogen-bond acceptors (Lipinski definition) is 6. The lowest BCUT2D eigenvalue weighted by atomic mass is 10.2. The van der Waals surface area contributed by atoms with Gasteiger partial charge in [0.2, 0.25) is 5.91 Å². The van der Waals surface area contributed by atoms with Crippen molar-refractivity contribution >= 4 is 24.0 Å². The van der Waals surface area contributed by atoms with Crippen LogP contribution >= 0.6 is 12.4 Å². The Hall–Kier alpha value is -2.19. The summed E-state index contributed by atoms with van der Waals surface area (Å²) in [6.45, 7) is 3.66. The van der Waals surface area contributed by atoms with Crippen LogP contribution in [0.5, 0.6) is 5.75 Å². The quantitative estimate of drug-likeness (QED) is 0.824. The van der Waals surface area contributed by atoms with Gasteiger partial charge in [0.05, 0.1) is 7.11 Å². The molecule has 126 valence electrons. The molecule has 1 amide bonds. The summed E-state index contributed by atoms with van der Waals surface area (Å²) in [6, 6.07) is 5.30. The number of carbonyl (C=O) groups excluding carboxylic acids is 1. The fraction of sp³-hybridized carbons (Fsp3) is 0.429. The number of carbonyl (C=O) groups is 1. The minimum atomic E-state index is -0.0816. The third kappa shape index (κ3) is 4.90. The van der Waals surface area contributed by atoms with Crippen molar-refractivity contribution < 1.29 is 9.53 Å². The second-order valence-corrected chi connectivity index (χ2v) is 5.09. The van der Waals surface area contributed by atoms with Gasteiger partial charge in [-0.2, -0.15) is 4.68 Å². The summed E-state index contributed by atoms with van der Waals surface area (Å²) in [4.78, 5) is 11.9. The maximum Gasteiger partial charge on any atom is 0.224 e. The number of aromatic nitrogens is 4. The molecule has 1 aromatic heterocycles. The lowest BCUT2D eigenvalue weighted by Gasteiger charge is -2.12. The minimum absolute atomic E-state index is 0. The van der Waals surface area contributed by atoms with Crippen molar-refractivity contribution in [3.8, 4) is 11.4 Å². The highest BCUT2D eigenvalue weighted by molar-refractivity contribution is 5.91. The van der Waals surface area contributed by atoms with Crippen LogP contribution in [0.2, 0.25) is 0 Å². The number of rotatable bonds is 6. The van der Waals surface area contributed by atoms with Crippen LogP contribution < -0.4 is 15.8 Å². The molecule has 23 heavy (non-hydrogen) atoms. The zero-order valence-corrected chi connectivity index (χ0v) is 14.1. The van der Waals surface area contributed by atoms with Crippen LogP contribution in [0.4, 0.5) is 5.69 Å². The average molecular weight is 341 g/mol. The first kappa shape index (κ1) is 18.9. The van der Waals surface area contributed by atoms with Crippen molar-refractivity contribution in [2.24, 2.45) is 5.73 Å². The number of ether oxygens (including phenoxy) is 1. The summed E-state index contributed by atoms with van der Waals surface area (Å²) in [6.07, 6.45) is 1.02.